The molecular formula is C25H30NO5S2+. The van der Waals surface area contributed by atoms with Gasteiger partial charge >= 0.3 is 5.97 Å². The average Bonchev–Trinajstić information content (AvgIpc) is 3.59. The van der Waals surface area contributed by atoms with E-state index in [-0.39, 0.29) is 11.9 Å². The van der Waals surface area contributed by atoms with Crippen molar-refractivity contribution in [2.24, 2.45) is 0 Å². The fourth-order valence-electron chi connectivity index (χ4n) is 4.47. The van der Waals surface area contributed by atoms with Crippen molar-refractivity contribution in [2.75, 3.05) is 32.8 Å². The number of rotatable bonds is 10. The number of hydrogen-bond donors (Lipinski definition) is 2. The fourth-order valence-corrected chi connectivity index (χ4v) is 6.18. The molecule has 4 rings (SSSR count). The molecule has 3 heterocycles. The van der Waals surface area contributed by atoms with Gasteiger partial charge in [-0.2, -0.15) is 0 Å². The number of phenolic OH excluding ortho intramolecular Hbond substituents is 1. The van der Waals surface area contributed by atoms with Crippen molar-refractivity contribution >= 4 is 28.6 Å². The van der Waals surface area contributed by atoms with Crippen molar-refractivity contribution in [1.82, 2.24) is 0 Å². The molecule has 2 aromatic heterocycles. The number of likely N-dealkylation sites (tertiary alicyclic amines) is 1. The third-order valence-electron chi connectivity index (χ3n) is 6.37. The van der Waals surface area contributed by atoms with Crippen molar-refractivity contribution in [3.8, 4) is 11.5 Å². The Bertz CT molecular complexity index is 1000. The second kappa shape index (κ2) is 10.3. The number of esters is 1. The Kier molecular flexibility index (Phi) is 7.38. The monoisotopic (exact) mass is 488 g/mol. The van der Waals surface area contributed by atoms with Crippen LogP contribution in [0.5, 0.6) is 11.5 Å². The Morgan fingerprint density at radius 3 is 2.48 bits per heavy atom. The second-order valence-electron chi connectivity index (χ2n) is 8.47. The molecule has 0 spiro atoms. The van der Waals surface area contributed by atoms with Crippen LogP contribution in [0.25, 0.3) is 0 Å². The molecule has 0 saturated carbocycles. The summed E-state index contributed by atoms with van der Waals surface area (Å²) in [5.74, 6) is 0.257. The summed E-state index contributed by atoms with van der Waals surface area (Å²) in [6.07, 6.45) is 1.41. The first-order valence-corrected chi connectivity index (χ1v) is 13.0. The van der Waals surface area contributed by atoms with Crippen LogP contribution in [0.1, 0.15) is 29.5 Å². The van der Waals surface area contributed by atoms with Gasteiger partial charge in [-0.15, -0.1) is 22.7 Å². The van der Waals surface area contributed by atoms with E-state index in [9.17, 15) is 15.0 Å². The zero-order chi connectivity index (χ0) is 23.3. The number of quaternary nitrogens is 1. The van der Waals surface area contributed by atoms with E-state index >= 15 is 0 Å². The molecule has 1 aromatic carbocycles. The van der Waals surface area contributed by atoms with Gasteiger partial charge in [-0.05, 0) is 41.9 Å². The largest absolute Gasteiger partial charge is 0.508 e. The van der Waals surface area contributed by atoms with Gasteiger partial charge in [-0.3, -0.25) is 0 Å². The summed E-state index contributed by atoms with van der Waals surface area (Å²) < 4.78 is 12.5. The molecule has 8 heteroatoms. The van der Waals surface area contributed by atoms with Crippen LogP contribution >= 0.6 is 22.7 Å². The Hall–Kier alpha value is -2.39. The van der Waals surface area contributed by atoms with Crippen LogP contribution in [0, 0.1) is 0 Å². The Labute approximate surface area is 202 Å². The Morgan fingerprint density at radius 2 is 1.88 bits per heavy atom. The third-order valence-corrected chi connectivity index (χ3v) is 8.33. The molecule has 1 fully saturated rings. The summed E-state index contributed by atoms with van der Waals surface area (Å²) in [6, 6.07) is 14.0. The number of benzene rings is 1. The van der Waals surface area contributed by atoms with Gasteiger partial charge in [0.15, 0.2) is 6.10 Å². The standard InChI is InChI=1S/C25H29NO5S2/c1-2-26(12-6-14-30-20-8-3-7-19(27)17-20)13-11-21(18-26)31-24(28)25(29,22-9-4-15-32-22)23-10-5-16-33-23/h3-5,7-10,15-17,21,29H,2,6,11-14,18H2,1H3/p+1. The summed E-state index contributed by atoms with van der Waals surface area (Å²) in [4.78, 5) is 14.4. The topological polar surface area (TPSA) is 76.0 Å². The molecule has 0 bridgehead atoms. The van der Waals surface area contributed by atoms with Gasteiger partial charge in [0.25, 0.3) is 0 Å². The van der Waals surface area contributed by atoms with E-state index in [2.05, 4.69) is 6.92 Å². The number of carbonyl (C=O) groups is 1. The van der Waals surface area contributed by atoms with E-state index < -0.39 is 11.6 Å². The lowest BCUT2D eigenvalue weighted by Crippen LogP contribution is -2.48. The zero-order valence-electron chi connectivity index (χ0n) is 18.7. The zero-order valence-corrected chi connectivity index (χ0v) is 20.3. The SMILES string of the molecule is CC[N+]1(CCCOc2cccc(O)c2)CCC(OC(=O)C(O)(c2cccs2)c2cccs2)C1. The Morgan fingerprint density at radius 1 is 1.15 bits per heavy atom. The van der Waals surface area contributed by atoms with Crippen LogP contribution in [-0.2, 0) is 15.1 Å². The summed E-state index contributed by atoms with van der Waals surface area (Å²) in [6.45, 7) is 6.25. The maximum atomic E-state index is 13.3. The number of phenols is 1. The molecule has 3 aromatic rings. The van der Waals surface area contributed by atoms with Gasteiger partial charge in [0.05, 0.1) is 36.0 Å². The van der Waals surface area contributed by atoms with E-state index in [1.807, 2.05) is 29.0 Å². The summed E-state index contributed by atoms with van der Waals surface area (Å²) in [7, 11) is 0. The van der Waals surface area contributed by atoms with Crippen LogP contribution in [0.4, 0.5) is 0 Å². The minimum Gasteiger partial charge on any atom is -0.508 e. The molecule has 1 aliphatic heterocycles. The second-order valence-corrected chi connectivity index (χ2v) is 10.4. The van der Waals surface area contributed by atoms with Crippen LogP contribution < -0.4 is 4.74 Å². The van der Waals surface area contributed by atoms with Crippen molar-refractivity contribution in [1.29, 1.82) is 0 Å². The summed E-state index contributed by atoms with van der Waals surface area (Å²) in [5, 5.41) is 24.7. The highest BCUT2D eigenvalue weighted by atomic mass is 32.1. The predicted molar refractivity (Wildman–Crippen MR) is 130 cm³/mol. The van der Waals surface area contributed by atoms with Crippen molar-refractivity contribution in [2.45, 2.75) is 31.5 Å². The minimum absolute atomic E-state index is 0.193. The number of aromatic hydroxyl groups is 1. The number of ether oxygens (including phenoxy) is 2. The predicted octanol–water partition coefficient (Wildman–Crippen LogP) is 4.37. The Balaban J connectivity index is 1.35. The maximum absolute atomic E-state index is 13.3. The number of likely N-dealkylation sites (N-methyl/N-ethyl adjacent to an activating group) is 1. The smallest absolute Gasteiger partial charge is 0.349 e. The molecule has 1 saturated heterocycles. The number of thiophene rings is 2. The highest BCUT2D eigenvalue weighted by molar-refractivity contribution is 7.12. The molecule has 0 aliphatic carbocycles. The van der Waals surface area contributed by atoms with Crippen molar-refractivity contribution in [3.63, 3.8) is 0 Å². The molecule has 6 nitrogen and oxygen atoms in total. The van der Waals surface area contributed by atoms with Gasteiger partial charge in [-0.25, -0.2) is 4.79 Å². The number of carbonyl (C=O) groups excluding carboxylic acids is 1. The first-order valence-electron chi connectivity index (χ1n) is 11.2. The van der Waals surface area contributed by atoms with Crippen molar-refractivity contribution < 1.29 is 29.0 Å². The van der Waals surface area contributed by atoms with Gasteiger partial charge in [0.2, 0.25) is 5.60 Å². The van der Waals surface area contributed by atoms with E-state index in [1.54, 1.807) is 30.3 Å². The summed E-state index contributed by atoms with van der Waals surface area (Å²) >= 11 is 2.71. The molecule has 176 valence electrons. The molecule has 2 N–H and O–H groups in total. The molecule has 0 amide bonds. The van der Waals surface area contributed by atoms with Crippen LogP contribution in [0.3, 0.4) is 0 Å². The molecule has 2 atom stereocenters. The number of hydrogen-bond acceptors (Lipinski definition) is 7. The highest BCUT2D eigenvalue weighted by Gasteiger charge is 2.47. The minimum atomic E-state index is -1.76. The van der Waals surface area contributed by atoms with Gasteiger partial charge in [0, 0.05) is 18.9 Å². The van der Waals surface area contributed by atoms with E-state index in [0.717, 1.165) is 43.5 Å². The average molecular weight is 489 g/mol. The molecule has 0 radical (unpaired) electrons. The highest BCUT2D eigenvalue weighted by Crippen LogP contribution is 2.37. The normalized spacial score (nSPS) is 20.6. The molecule has 1 aliphatic rings. The van der Waals surface area contributed by atoms with Crippen molar-refractivity contribution in [3.05, 3.63) is 69.0 Å². The lowest BCUT2D eigenvalue weighted by atomic mass is 10.00. The first-order chi connectivity index (χ1) is 15.9. The van der Waals surface area contributed by atoms with Gasteiger partial charge < -0.3 is 24.2 Å². The van der Waals surface area contributed by atoms with E-state index in [0.29, 0.717) is 22.1 Å². The number of nitrogens with zero attached hydrogens (tertiary/aromatic N) is 1. The third kappa shape index (κ3) is 5.24. The number of aliphatic hydroxyl groups is 1. The van der Waals surface area contributed by atoms with Crippen LogP contribution in [-0.4, -0.2) is 59.6 Å². The molecule has 2 unspecified atom stereocenters. The van der Waals surface area contributed by atoms with Gasteiger partial charge in [0.1, 0.15) is 18.0 Å². The fraction of sp³-hybridized carbons (Fsp3) is 0.400. The van der Waals surface area contributed by atoms with E-state index in [4.69, 9.17) is 9.47 Å². The van der Waals surface area contributed by atoms with Crippen LogP contribution in [0.15, 0.2) is 59.3 Å². The molecular weight excluding hydrogens is 458 g/mol. The first kappa shape index (κ1) is 23.8. The summed E-state index contributed by atoms with van der Waals surface area (Å²) in [5.41, 5.74) is -1.76. The van der Waals surface area contributed by atoms with E-state index in [1.165, 1.54) is 22.7 Å². The lowest BCUT2D eigenvalue weighted by molar-refractivity contribution is -0.916. The maximum Gasteiger partial charge on any atom is 0.349 e. The van der Waals surface area contributed by atoms with Gasteiger partial charge in [-0.1, -0.05) is 18.2 Å². The lowest BCUT2D eigenvalue weighted by Gasteiger charge is -2.33. The van der Waals surface area contributed by atoms with Crippen LogP contribution in [0.2, 0.25) is 0 Å². The molecule has 33 heavy (non-hydrogen) atoms. The quantitative estimate of drug-likeness (QED) is 0.252.